The summed E-state index contributed by atoms with van der Waals surface area (Å²) < 4.78 is 29.1. The molecule has 0 aliphatic carbocycles. The highest BCUT2D eigenvalue weighted by Crippen LogP contribution is 2.19. The lowest BCUT2D eigenvalue weighted by Crippen LogP contribution is -2.50. The highest BCUT2D eigenvalue weighted by Gasteiger charge is 2.31. The molecule has 1 saturated heterocycles. The van der Waals surface area contributed by atoms with Crippen LogP contribution in [0, 0.1) is 4.77 Å². The Morgan fingerprint density at radius 2 is 1.48 bits per heavy atom. The Balaban J connectivity index is 1.52. The number of imidazole rings is 1. The van der Waals surface area contributed by atoms with Crippen LogP contribution in [-0.2, 0) is 10.0 Å². The molecular weight excluding hydrogens is 408 g/mol. The van der Waals surface area contributed by atoms with Crippen LogP contribution in [-0.4, -0.2) is 59.3 Å². The third-order valence-electron chi connectivity index (χ3n) is 4.92. The number of aromatic amines is 1. The van der Waals surface area contributed by atoms with Crippen molar-refractivity contribution < 1.29 is 13.2 Å². The van der Waals surface area contributed by atoms with Crippen molar-refractivity contribution in [3.63, 3.8) is 0 Å². The van der Waals surface area contributed by atoms with E-state index in [2.05, 4.69) is 4.98 Å². The van der Waals surface area contributed by atoms with E-state index in [-0.39, 0.29) is 23.9 Å². The lowest BCUT2D eigenvalue weighted by atomic mass is 10.3. The monoisotopic (exact) mass is 428 g/mol. The van der Waals surface area contributed by atoms with Crippen molar-refractivity contribution in [2.45, 2.75) is 4.90 Å². The maximum atomic E-state index is 13.1. The number of amides is 1. The molecule has 2 heterocycles. The van der Waals surface area contributed by atoms with Gasteiger partial charge in [0.05, 0.1) is 4.90 Å². The summed E-state index contributed by atoms with van der Waals surface area (Å²) in [7, 11) is -3.56. The maximum absolute atomic E-state index is 13.1. The summed E-state index contributed by atoms with van der Waals surface area (Å²) in [5, 5.41) is 0. The number of carbonyl (C=O) groups is 1. The van der Waals surface area contributed by atoms with Gasteiger partial charge in [-0.15, -0.1) is 0 Å². The van der Waals surface area contributed by atoms with Gasteiger partial charge in [0.25, 0.3) is 5.91 Å². The number of para-hydroxylation sites is 1. The Kier molecular flexibility index (Phi) is 5.35. The first kappa shape index (κ1) is 19.6. The largest absolute Gasteiger partial charge is 0.336 e. The van der Waals surface area contributed by atoms with Crippen molar-refractivity contribution in [1.82, 2.24) is 18.8 Å². The zero-order valence-corrected chi connectivity index (χ0v) is 17.2. The third kappa shape index (κ3) is 3.76. The number of nitrogens with one attached hydrogen (secondary N) is 1. The molecule has 0 unspecified atom stereocenters. The molecule has 2 aromatic carbocycles. The summed E-state index contributed by atoms with van der Waals surface area (Å²) in [5.41, 5.74) is 1.23. The fourth-order valence-electron chi connectivity index (χ4n) is 3.39. The first-order valence-electron chi connectivity index (χ1n) is 9.19. The summed E-state index contributed by atoms with van der Waals surface area (Å²) in [6.07, 6.45) is 1.60. The Labute approximate surface area is 174 Å². The highest BCUT2D eigenvalue weighted by atomic mass is 32.2. The van der Waals surface area contributed by atoms with Gasteiger partial charge in [0.1, 0.15) is 5.69 Å². The highest BCUT2D eigenvalue weighted by molar-refractivity contribution is 7.89. The third-order valence-corrected chi connectivity index (χ3v) is 7.13. The van der Waals surface area contributed by atoms with Crippen molar-refractivity contribution in [2.24, 2.45) is 0 Å². The molecule has 3 aromatic rings. The Bertz CT molecular complexity index is 1160. The number of nitrogens with zero attached hydrogens (tertiary/aromatic N) is 3. The van der Waals surface area contributed by atoms with Crippen LogP contribution in [0.5, 0.6) is 0 Å². The lowest BCUT2D eigenvalue weighted by Gasteiger charge is -2.34. The molecule has 150 valence electrons. The van der Waals surface area contributed by atoms with Gasteiger partial charge < -0.3 is 9.88 Å². The van der Waals surface area contributed by atoms with Crippen LogP contribution in [0.15, 0.2) is 71.8 Å². The molecule has 9 heteroatoms. The number of rotatable bonds is 4. The number of H-pyrrole nitrogens is 1. The molecule has 1 amide bonds. The lowest BCUT2D eigenvalue weighted by molar-refractivity contribution is 0.0689. The van der Waals surface area contributed by atoms with E-state index in [9.17, 15) is 13.2 Å². The van der Waals surface area contributed by atoms with E-state index in [4.69, 9.17) is 12.2 Å². The summed E-state index contributed by atoms with van der Waals surface area (Å²) >= 11 is 5.35. The summed E-state index contributed by atoms with van der Waals surface area (Å²) in [4.78, 5) is 18.0. The summed E-state index contributed by atoms with van der Waals surface area (Å²) in [5.74, 6) is -0.182. The molecular formula is C20H20N4O3S2. The number of piperazine rings is 1. The zero-order chi connectivity index (χ0) is 20.4. The number of aromatic nitrogens is 2. The van der Waals surface area contributed by atoms with Crippen LogP contribution >= 0.6 is 12.2 Å². The van der Waals surface area contributed by atoms with Gasteiger partial charge in [-0.25, -0.2) is 8.42 Å². The number of sulfonamides is 1. The van der Waals surface area contributed by atoms with Gasteiger partial charge in [-0.1, -0.05) is 36.4 Å². The fourth-order valence-corrected chi connectivity index (χ4v) is 5.10. The van der Waals surface area contributed by atoms with E-state index < -0.39 is 10.0 Å². The second-order valence-corrected chi connectivity index (χ2v) is 8.98. The molecule has 0 saturated carbocycles. The zero-order valence-electron chi connectivity index (χ0n) is 15.6. The van der Waals surface area contributed by atoms with Gasteiger partial charge >= 0.3 is 0 Å². The van der Waals surface area contributed by atoms with E-state index in [0.29, 0.717) is 23.6 Å². The number of hydrogen-bond acceptors (Lipinski definition) is 4. The van der Waals surface area contributed by atoms with Crippen LogP contribution in [0.25, 0.3) is 5.69 Å². The van der Waals surface area contributed by atoms with E-state index >= 15 is 0 Å². The number of carbonyl (C=O) groups excluding carboxylic acids is 1. The van der Waals surface area contributed by atoms with Gasteiger partial charge in [-0.3, -0.25) is 9.36 Å². The molecule has 29 heavy (non-hydrogen) atoms. The van der Waals surface area contributed by atoms with Crippen molar-refractivity contribution in [1.29, 1.82) is 0 Å². The van der Waals surface area contributed by atoms with Gasteiger partial charge in [-0.05, 0) is 36.5 Å². The van der Waals surface area contributed by atoms with Gasteiger partial charge in [0.15, 0.2) is 4.77 Å². The van der Waals surface area contributed by atoms with E-state index in [1.165, 1.54) is 4.31 Å². The van der Waals surface area contributed by atoms with Crippen LogP contribution < -0.4 is 0 Å². The Hall–Kier alpha value is -2.75. The van der Waals surface area contributed by atoms with Gasteiger partial charge in [0.2, 0.25) is 10.0 Å². The van der Waals surface area contributed by atoms with Crippen molar-refractivity contribution >= 4 is 28.1 Å². The molecule has 4 rings (SSSR count). The minimum atomic E-state index is -3.56. The molecule has 0 atom stereocenters. The second-order valence-electron chi connectivity index (χ2n) is 6.66. The first-order chi connectivity index (χ1) is 14.0. The molecule has 0 bridgehead atoms. The normalized spacial score (nSPS) is 15.4. The van der Waals surface area contributed by atoms with Crippen LogP contribution in [0.2, 0.25) is 0 Å². The van der Waals surface area contributed by atoms with Crippen LogP contribution in [0.4, 0.5) is 0 Å². The molecule has 0 spiro atoms. The second kappa shape index (κ2) is 7.94. The SMILES string of the molecule is O=C(c1c[nH]c(=S)n1-c1ccccc1)N1CCN(S(=O)(=O)c2ccccc2)CC1. The molecule has 1 N–H and O–H groups in total. The van der Waals surface area contributed by atoms with Crippen LogP contribution in [0.1, 0.15) is 10.5 Å². The minimum absolute atomic E-state index is 0.182. The van der Waals surface area contributed by atoms with E-state index in [1.807, 2.05) is 30.3 Å². The predicted molar refractivity (Wildman–Crippen MR) is 112 cm³/mol. The molecule has 7 nitrogen and oxygen atoms in total. The topological polar surface area (TPSA) is 78.4 Å². The van der Waals surface area contributed by atoms with Gasteiger partial charge in [0, 0.05) is 38.1 Å². The van der Waals surface area contributed by atoms with E-state index in [0.717, 1.165) is 5.69 Å². The smallest absolute Gasteiger partial charge is 0.272 e. The fraction of sp³-hybridized carbons (Fsp3) is 0.200. The standard InChI is InChI=1S/C20H20N4O3S2/c25-19(18-15-21-20(28)24(18)16-7-3-1-4-8-16)22-11-13-23(14-12-22)29(26,27)17-9-5-2-6-10-17/h1-10,15H,11-14H2,(H,21,28). The van der Waals surface area contributed by atoms with Crippen LogP contribution in [0.3, 0.4) is 0 Å². The minimum Gasteiger partial charge on any atom is -0.336 e. The molecule has 0 radical (unpaired) electrons. The average Bonchev–Trinajstić information content (AvgIpc) is 3.16. The van der Waals surface area contributed by atoms with E-state index in [1.54, 1.807) is 46.0 Å². The number of benzene rings is 2. The summed E-state index contributed by atoms with van der Waals surface area (Å²) in [6, 6.07) is 17.8. The number of hydrogen-bond donors (Lipinski definition) is 1. The van der Waals surface area contributed by atoms with Crippen molar-refractivity contribution in [2.75, 3.05) is 26.2 Å². The van der Waals surface area contributed by atoms with Gasteiger partial charge in [-0.2, -0.15) is 4.31 Å². The Morgan fingerprint density at radius 3 is 2.10 bits per heavy atom. The summed E-state index contributed by atoms with van der Waals surface area (Å²) in [6.45, 7) is 1.13. The molecule has 1 aliphatic rings. The van der Waals surface area contributed by atoms with Crippen molar-refractivity contribution in [3.8, 4) is 5.69 Å². The molecule has 1 fully saturated rings. The first-order valence-corrected chi connectivity index (χ1v) is 11.0. The molecule has 1 aromatic heterocycles. The quantitative estimate of drug-likeness (QED) is 0.648. The average molecular weight is 429 g/mol. The maximum Gasteiger partial charge on any atom is 0.272 e. The molecule has 1 aliphatic heterocycles. The van der Waals surface area contributed by atoms with Crippen molar-refractivity contribution in [3.05, 3.63) is 77.3 Å². The predicted octanol–water partition coefficient (Wildman–Crippen LogP) is 2.68. The Morgan fingerprint density at radius 1 is 0.897 bits per heavy atom.